The van der Waals surface area contributed by atoms with Crippen molar-refractivity contribution in [2.24, 2.45) is 0 Å². The average Bonchev–Trinajstić information content (AvgIpc) is 2.64. The molecule has 0 saturated carbocycles. The second-order valence-electron chi connectivity index (χ2n) is 7.02. The predicted molar refractivity (Wildman–Crippen MR) is 110 cm³/mol. The molecule has 0 saturated heterocycles. The maximum atomic E-state index is 3.73. The summed E-state index contributed by atoms with van der Waals surface area (Å²) in [6.45, 7) is 0. The van der Waals surface area contributed by atoms with Crippen LogP contribution in [0.5, 0.6) is 0 Å². The highest BCUT2D eigenvalue weighted by atomic mass is 79.9. The minimum absolute atomic E-state index is 1.09. The molecule has 25 heavy (non-hydrogen) atoms. The second-order valence-corrected chi connectivity index (χ2v) is 7.88. The van der Waals surface area contributed by atoms with Crippen LogP contribution in [0.1, 0.15) is 22.3 Å². The summed E-state index contributed by atoms with van der Waals surface area (Å²) in [7, 11) is 0. The molecule has 4 aliphatic rings. The third kappa shape index (κ3) is 2.58. The zero-order valence-corrected chi connectivity index (χ0v) is 15.6. The monoisotopic (exact) mass is 386 g/mol. The largest absolute Gasteiger partial charge is 0.0605 e. The van der Waals surface area contributed by atoms with Crippen molar-refractivity contribution in [1.82, 2.24) is 0 Å². The molecule has 4 aromatic carbocycles. The molecule has 1 heteroatoms. The Bertz CT molecular complexity index is 1090. The maximum Gasteiger partial charge on any atom is 0.0253 e. The normalized spacial score (nSPS) is 14.0. The molecule has 8 rings (SSSR count). The van der Waals surface area contributed by atoms with Crippen molar-refractivity contribution in [3.05, 3.63) is 93.5 Å². The molecule has 0 fully saturated rings. The van der Waals surface area contributed by atoms with Crippen molar-refractivity contribution < 1.29 is 0 Å². The lowest BCUT2D eigenvalue weighted by Crippen LogP contribution is -2.00. The molecular formula is C24H19Br. The van der Waals surface area contributed by atoms with Crippen LogP contribution in [0.25, 0.3) is 21.5 Å². The Balaban J connectivity index is 1.81. The Hall–Kier alpha value is -2.12. The first-order chi connectivity index (χ1) is 12.3. The van der Waals surface area contributed by atoms with E-state index >= 15 is 0 Å². The van der Waals surface area contributed by atoms with Crippen LogP contribution in [0.3, 0.4) is 0 Å². The number of aryl methyl sites for hydroxylation is 4. The van der Waals surface area contributed by atoms with Crippen molar-refractivity contribution in [2.75, 3.05) is 0 Å². The van der Waals surface area contributed by atoms with E-state index in [2.05, 4.69) is 82.7 Å². The van der Waals surface area contributed by atoms with Crippen LogP contribution >= 0.6 is 15.9 Å². The fourth-order valence-corrected chi connectivity index (χ4v) is 4.66. The molecule has 4 aromatic rings. The summed E-state index contributed by atoms with van der Waals surface area (Å²) in [4.78, 5) is 0. The fraction of sp³-hybridized carbons (Fsp3) is 0.167. The molecule has 0 radical (unpaired) electrons. The van der Waals surface area contributed by atoms with Gasteiger partial charge in [0.1, 0.15) is 0 Å². The predicted octanol–water partition coefficient (Wildman–Crippen LogP) is 6.64. The van der Waals surface area contributed by atoms with Gasteiger partial charge in [0, 0.05) is 4.47 Å². The van der Waals surface area contributed by atoms with Gasteiger partial charge in [0.2, 0.25) is 0 Å². The summed E-state index contributed by atoms with van der Waals surface area (Å²) >= 11 is 3.73. The fourth-order valence-electron chi connectivity index (χ4n) is 4.16. The van der Waals surface area contributed by atoms with Crippen molar-refractivity contribution >= 4 is 37.5 Å². The molecule has 4 bridgehead atoms. The molecule has 0 atom stereocenters. The minimum atomic E-state index is 1.09. The molecule has 0 aliphatic heterocycles. The van der Waals surface area contributed by atoms with Crippen molar-refractivity contribution in [3.8, 4) is 0 Å². The van der Waals surface area contributed by atoms with Gasteiger partial charge in [0.25, 0.3) is 0 Å². The van der Waals surface area contributed by atoms with E-state index in [4.69, 9.17) is 0 Å². The van der Waals surface area contributed by atoms with Crippen LogP contribution in [-0.4, -0.2) is 0 Å². The highest BCUT2D eigenvalue weighted by molar-refractivity contribution is 9.10. The van der Waals surface area contributed by atoms with Crippen molar-refractivity contribution in [1.29, 1.82) is 0 Å². The quantitative estimate of drug-likeness (QED) is 0.297. The first kappa shape index (κ1) is 15.2. The van der Waals surface area contributed by atoms with Gasteiger partial charge in [-0.05, 0) is 75.5 Å². The van der Waals surface area contributed by atoms with Gasteiger partial charge in [0.15, 0.2) is 0 Å². The number of halogens is 1. The smallest absolute Gasteiger partial charge is 0.0253 e. The van der Waals surface area contributed by atoms with E-state index in [9.17, 15) is 0 Å². The van der Waals surface area contributed by atoms with E-state index in [0.717, 1.165) is 25.7 Å². The molecule has 0 N–H and O–H groups in total. The number of hydrogen-bond acceptors (Lipinski definition) is 0. The highest BCUT2D eigenvalue weighted by Crippen LogP contribution is 2.35. The Morgan fingerprint density at radius 3 is 1.92 bits per heavy atom. The van der Waals surface area contributed by atoms with Crippen LogP contribution in [0.15, 0.2) is 71.2 Å². The molecular weight excluding hydrogens is 368 g/mol. The second kappa shape index (κ2) is 6.00. The zero-order valence-electron chi connectivity index (χ0n) is 14.1. The molecule has 0 spiro atoms. The van der Waals surface area contributed by atoms with E-state index < -0.39 is 0 Å². The highest BCUT2D eigenvalue weighted by Gasteiger charge is 2.12. The van der Waals surface area contributed by atoms with Gasteiger partial charge in [-0.1, -0.05) is 76.6 Å². The molecule has 0 amide bonds. The van der Waals surface area contributed by atoms with Crippen LogP contribution in [0.4, 0.5) is 0 Å². The summed E-state index contributed by atoms with van der Waals surface area (Å²) in [6.07, 6.45) is 4.38. The van der Waals surface area contributed by atoms with Crippen LogP contribution in [0.2, 0.25) is 0 Å². The zero-order chi connectivity index (χ0) is 16.8. The van der Waals surface area contributed by atoms with Gasteiger partial charge in [0.05, 0.1) is 0 Å². The van der Waals surface area contributed by atoms with Gasteiger partial charge in [-0.25, -0.2) is 0 Å². The Labute approximate surface area is 156 Å². The summed E-state index contributed by atoms with van der Waals surface area (Å²) in [5.74, 6) is 0. The van der Waals surface area contributed by atoms with Gasteiger partial charge in [-0.2, -0.15) is 0 Å². The third-order valence-corrected chi connectivity index (χ3v) is 6.24. The minimum Gasteiger partial charge on any atom is -0.0605 e. The molecule has 0 nitrogen and oxygen atoms in total. The standard InChI is InChI=1S/C24H19Br/c25-23-3-1-2-22-21(23)15-14-20-18-10-8-16-4-6-17(7-5-16)9-11-19(13-12-18)24(20)22/h1-7,12-15H,8-11H2. The van der Waals surface area contributed by atoms with Crippen LogP contribution in [-0.2, 0) is 25.7 Å². The van der Waals surface area contributed by atoms with E-state index in [-0.39, 0.29) is 0 Å². The number of benzene rings is 4. The summed E-state index contributed by atoms with van der Waals surface area (Å²) < 4.78 is 1.18. The lowest BCUT2D eigenvalue weighted by atomic mass is 9.89. The summed E-state index contributed by atoms with van der Waals surface area (Å²) in [6, 6.07) is 25.1. The average molecular weight is 387 g/mol. The third-order valence-electron chi connectivity index (χ3n) is 5.55. The Morgan fingerprint density at radius 1 is 0.520 bits per heavy atom. The first-order valence-electron chi connectivity index (χ1n) is 8.99. The van der Waals surface area contributed by atoms with E-state index in [0.29, 0.717) is 0 Å². The summed E-state index contributed by atoms with van der Waals surface area (Å²) in [5.41, 5.74) is 5.80. The lowest BCUT2D eigenvalue weighted by Gasteiger charge is -2.16. The van der Waals surface area contributed by atoms with Crippen LogP contribution < -0.4 is 0 Å². The van der Waals surface area contributed by atoms with Gasteiger partial charge in [-0.15, -0.1) is 0 Å². The van der Waals surface area contributed by atoms with E-state index in [1.807, 2.05) is 0 Å². The molecule has 0 aromatic heterocycles. The first-order valence-corrected chi connectivity index (χ1v) is 9.78. The van der Waals surface area contributed by atoms with Gasteiger partial charge in [-0.3, -0.25) is 0 Å². The summed E-state index contributed by atoms with van der Waals surface area (Å²) in [5, 5.41) is 5.56. The molecule has 0 heterocycles. The van der Waals surface area contributed by atoms with Crippen molar-refractivity contribution in [2.45, 2.75) is 25.7 Å². The number of fused-ring (bicyclic) bond motifs is 1. The van der Waals surface area contributed by atoms with Gasteiger partial charge >= 0.3 is 0 Å². The number of rotatable bonds is 0. The molecule has 0 unspecified atom stereocenters. The van der Waals surface area contributed by atoms with Crippen LogP contribution in [0, 0.1) is 0 Å². The lowest BCUT2D eigenvalue weighted by molar-refractivity contribution is 0.934. The van der Waals surface area contributed by atoms with Crippen molar-refractivity contribution in [3.63, 3.8) is 0 Å². The topological polar surface area (TPSA) is 0 Å². The Kier molecular flexibility index (Phi) is 3.64. The number of hydrogen-bond donors (Lipinski definition) is 0. The molecule has 122 valence electrons. The van der Waals surface area contributed by atoms with E-state index in [1.54, 1.807) is 0 Å². The molecule has 4 aliphatic carbocycles. The van der Waals surface area contributed by atoms with E-state index in [1.165, 1.54) is 48.3 Å². The van der Waals surface area contributed by atoms with Gasteiger partial charge < -0.3 is 0 Å². The maximum absolute atomic E-state index is 3.73. The Morgan fingerprint density at radius 2 is 1.16 bits per heavy atom. The SMILES string of the molecule is Brc1cccc2c1ccc1c3ccc(c12)CCc1ccc(cc1)CC3.